The fourth-order valence-corrected chi connectivity index (χ4v) is 9.78. The zero-order valence-electron chi connectivity index (χ0n) is 27.5. The average molecular weight is 860 g/mol. The van der Waals surface area contributed by atoms with Crippen LogP contribution < -0.4 is 14.5 Å². The highest BCUT2D eigenvalue weighted by atomic mass is 79.9. The molecule has 2 heterocycles. The molecule has 0 aromatic heterocycles. The molecular formula is C36H31Br2Cl2N5O6. The number of fused-ring (bicyclic) bond motifs is 4. The standard InChI is InChI=1S/C36H31Br2Cl2N5O6/c1-43(2)21-8-4-19(5-9-21)41-42-20-6-10-22(11-7-20)45-31(47)24-13-12-23-25(28(24)32(45)48)16-35(39)33(49)44(17-37)34(50)36(35,40)29(23)18-14-26(38)30(46)27(15-18)51-3/h4-12,14-15,24-25,28-29,46H,13,16-17H2,1-3H3/t24-,25+,28-,29-,35+,36-/m0/s1. The van der Waals surface area contributed by atoms with Gasteiger partial charge in [-0.05, 0) is 101 Å². The Morgan fingerprint density at radius 2 is 1.57 bits per heavy atom. The predicted molar refractivity (Wildman–Crippen MR) is 200 cm³/mol. The number of allylic oxidation sites excluding steroid dienone is 2. The van der Waals surface area contributed by atoms with Crippen LogP contribution in [-0.4, -0.2) is 70.0 Å². The number of methoxy groups -OCH3 is 1. The van der Waals surface area contributed by atoms with E-state index in [1.165, 1.54) is 12.0 Å². The summed E-state index contributed by atoms with van der Waals surface area (Å²) in [6.07, 6.45) is 1.91. The van der Waals surface area contributed by atoms with Gasteiger partial charge in [0.2, 0.25) is 11.8 Å². The molecule has 0 unspecified atom stereocenters. The van der Waals surface area contributed by atoms with E-state index < -0.39 is 51.1 Å². The number of hydrogen-bond acceptors (Lipinski definition) is 9. The number of benzene rings is 3. The lowest BCUT2D eigenvalue weighted by atomic mass is 9.56. The number of anilines is 2. The molecule has 15 heteroatoms. The maximum atomic E-state index is 14.4. The first-order valence-electron chi connectivity index (χ1n) is 16.0. The van der Waals surface area contributed by atoms with E-state index in [9.17, 15) is 24.3 Å². The van der Waals surface area contributed by atoms with Crippen molar-refractivity contribution < 1.29 is 29.0 Å². The Hall–Kier alpha value is -3.78. The number of likely N-dealkylation sites (tertiary alicyclic amines) is 1. The van der Waals surface area contributed by atoms with Crippen molar-refractivity contribution >= 4 is 101 Å². The third-order valence-corrected chi connectivity index (χ3v) is 12.9. The number of phenolic OH excluding ortho intramolecular Hbond substituents is 1. The summed E-state index contributed by atoms with van der Waals surface area (Å²) in [6, 6.07) is 17.4. The van der Waals surface area contributed by atoms with E-state index in [4.69, 9.17) is 27.9 Å². The summed E-state index contributed by atoms with van der Waals surface area (Å²) in [5.74, 6) is -5.56. The zero-order valence-corrected chi connectivity index (χ0v) is 32.2. The van der Waals surface area contributed by atoms with Crippen LogP contribution in [0.25, 0.3) is 0 Å². The van der Waals surface area contributed by atoms with Crippen molar-refractivity contribution in [2.24, 2.45) is 28.0 Å². The van der Waals surface area contributed by atoms with Crippen molar-refractivity contribution in [3.05, 3.63) is 82.3 Å². The third-order valence-electron chi connectivity index (χ3n) is 10.4. The molecule has 2 aliphatic heterocycles. The SMILES string of the molecule is COc1cc([C@H]2C3=CC[C@@H]4C(=O)N(c5ccc(N=Nc6ccc(N(C)C)cc6)cc5)C(=O)[C@@H]4[C@@H]3C[C@@]3(Cl)C(=O)N(CBr)C(=O)[C@@]23Cl)cc(Br)c1O. The highest BCUT2D eigenvalue weighted by Gasteiger charge is 2.76. The van der Waals surface area contributed by atoms with Crippen molar-refractivity contribution in [3.63, 3.8) is 0 Å². The smallest absolute Gasteiger partial charge is 0.254 e. The minimum atomic E-state index is -1.99. The predicted octanol–water partition coefficient (Wildman–Crippen LogP) is 7.56. The number of alkyl halides is 3. The molecule has 0 bridgehead atoms. The van der Waals surface area contributed by atoms with Gasteiger partial charge >= 0.3 is 0 Å². The van der Waals surface area contributed by atoms with Crippen LogP contribution in [0.5, 0.6) is 11.5 Å². The number of carbonyl (C=O) groups is 4. The van der Waals surface area contributed by atoms with E-state index in [2.05, 4.69) is 42.1 Å². The van der Waals surface area contributed by atoms with Crippen LogP contribution in [0.1, 0.15) is 24.3 Å². The normalized spacial score (nSPS) is 28.6. The van der Waals surface area contributed by atoms with Crippen LogP contribution >= 0.6 is 55.1 Å². The Balaban J connectivity index is 1.24. The number of imide groups is 2. The van der Waals surface area contributed by atoms with Crippen molar-refractivity contribution in [1.82, 2.24) is 4.90 Å². The summed E-state index contributed by atoms with van der Waals surface area (Å²) in [4.78, 5) is 56.5. The molecule has 1 N–H and O–H groups in total. The molecule has 11 nitrogen and oxygen atoms in total. The van der Waals surface area contributed by atoms with E-state index >= 15 is 0 Å². The van der Waals surface area contributed by atoms with Crippen molar-refractivity contribution in [2.75, 3.05) is 36.5 Å². The van der Waals surface area contributed by atoms with Crippen molar-refractivity contribution in [1.29, 1.82) is 0 Å². The zero-order chi connectivity index (χ0) is 36.6. The number of phenols is 1. The molecular weight excluding hydrogens is 829 g/mol. The number of aromatic hydroxyl groups is 1. The lowest BCUT2D eigenvalue weighted by molar-refractivity contribution is -0.138. The number of carbonyl (C=O) groups excluding carboxylic acids is 4. The number of nitrogens with zero attached hydrogens (tertiary/aromatic N) is 5. The van der Waals surface area contributed by atoms with E-state index in [1.54, 1.807) is 36.4 Å². The van der Waals surface area contributed by atoms with Crippen molar-refractivity contribution in [2.45, 2.75) is 28.5 Å². The van der Waals surface area contributed by atoms with E-state index in [-0.39, 0.29) is 40.2 Å². The van der Waals surface area contributed by atoms with Gasteiger partial charge in [-0.15, -0.1) is 23.2 Å². The van der Waals surface area contributed by atoms with Gasteiger partial charge in [0.1, 0.15) is 0 Å². The van der Waals surface area contributed by atoms with Crippen molar-refractivity contribution in [3.8, 4) is 11.5 Å². The van der Waals surface area contributed by atoms with Gasteiger partial charge < -0.3 is 14.7 Å². The molecule has 3 aromatic rings. The van der Waals surface area contributed by atoms with Crippen LogP contribution in [0, 0.1) is 17.8 Å². The van der Waals surface area contributed by atoms with Crippen LogP contribution in [0.15, 0.2) is 87.0 Å². The molecule has 6 atom stereocenters. The lowest BCUT2D eigenvalue weighted by Gasteiger charge is -2.50. The number of amides is 4. The maximum absolute atomic E-state index is 14.4. The molecule has 0 radical (unpaired) electrons. The summed E-state index contributed by atoms with van der Waals surface area (Å²) < 4.78 is 5.68. The molecule has 3 fully saturated rings. The third kappa shape index (κ3) is 5.33. The second kappa shape index (κ2) is 13.0. The molecule has 4 amide bonds. The van der Waals surface area contributed by atoms with Crippen LogP contribution in [-0.2, 0) is 19.2 Å². The Bertz CT molecular complexity index is 2040. The molecule has 2 aliphatic carbocycles. The number of halogens is 4. The topological polar surface area (TPSA) is 132 Å². The van der Waals surface area contributed by atoms with Gasteiger partial charge in [0.05, 0.1) is 45.9 Å². The van der Waals surface area contributed by atoms with Gasteiger partial charge in [-0.3, -0.25) is 29.0 Å². The summed E-state index contributed by atoms with van der Waals surface area (Å²) in [6.45, 7) is 0. The number of hydrogen-bond donors (Lipinski definition) is 1. The molecule has 7 rings (SSSR count). The Morgan fingerprint density at radius 3 is 2.16 bits per heavy atom. The largest absolute Gasteiger partial charge is 0.503 e. The molecule has 3 aromatic carbocycles. The summed E-state index contributed by atoms with van der Waals surface area (Å²) >= 11 is 21.2. The molecule has 51 heavy (non-hydrogen) atoms. The van der Waals surface area contributed by atoms with Crippen LogP contribution in [0.4, 0.5) is 22.7 Å². The first-order valence-corrected chi connectivity index (χ1v) is 18.7. The highest BCUT2D eigenvalue weighted by Crippen LogP contribution is 2.66. The van der Waals surface area contributed by atoms with Gasteiger partial charge in [0.25, 0.3) is 11.8 Å². The van der Waals surface area contributed by atoms with Gasteiger partial charge in [-0.2, -0.15) is 10.2 Å². The molecule has 2 saturated heterocycles. The lowest BCUT2D eigenvalue weighted by Crippen LogP contribution is -2.60. The molecule has 4 aliphatic rings. The number of rotatable bonds is 7. The second-order valence-electron chi connectivity index (χ2n) is 13.2. The van der Waals surface area contributed by atoms with E-state index in [1.807, 2.05) is 49.3 Å². The number of azo groups is 1. The van der Waals surface area contributed by atoms with Crippen LogP contribution in [0.3, 0.4) is 0 Å². The molecule has 0 spiro atoms. The van der Waals surface area contributed by atoms with Gasteiger partial charge in [0, 0.05) is 25.7 Å². The van der Waals surface area contributed by atoms with E-state index in [0.29, 0.717) is 28.2 Å². The van der Waals surface area contributed by atoms with E-state index in [0.717, 1.165) is 10.6 Å². The first-order chi connectivity index (χ1) is 24.3. The van der Waals surface area contributed by atoms with Gasteiger partial charge in [-0.25, -0.2) is 0 Å². The Kier molecular flexibility index (Phi) is 9.09. The summed E-state index contributed by atoms with van der Waals surface area (Å²) in [5.41, 5.74) is 3.54. The number of ether oxygens (including phenoxy) is 1. The quantitative estimate of drug-likeness (QED) is 0.0853. The molecule has 264 valence electrons. The van der Waals surface area contributed by atoms with Crippen LogP contribution in [0.2, 0.25) is 0 Å². The van der Waals surface area contributed by atoms with Gasteiger partial charge in [0.15, 0.2) is 21.2 Å². The van der Waals surface area contributed by atoms with Gasteiger partial charge in [-0.1, -0.05) is 27.6 Å². The molecule has 1 saturated carbocycles. The first kappa shape index (κ1) is 35.6. The minimum absolute atomic E-state index is 0.105. The fraction of sp³-hybridized carbons (Fsp3) is 0.333. The fourth-order valence-electron chi connectivity index (χ4n) is 7.90. The maximum Gasteiger partial charge on any atom is 0.254 e. The summed E-state index contributed by atoms with van der Waals surface area (Å²) in [7, 11) is 5.29. The minimum Gasteiger partial charge on any atom is -0.503 e. The monoisotopic (exact) mass is 857 g/mol. The second-order valence-corrected chi connectivity index (χ2v) is 15.8. The average Bonchev–Trinajstić information content (AvgIpc) is 3.46. The Labute approximate surface area is 320 Å². The Morgan fingerprint density at radius 1 is 0.941 bits per heavy atom. The summed E-state index contributed by atoms with van der Waals surface area (Å²) in [5, 5.41) is 19.2. The highest BCUT2D eigenvalue weighted by molar-refractivity contribution is 9.10.